The lowest BCUT2D eigenvalue weighted by Gasteiger charge is -2.37. The second-order valence-corrected chi connectivity index (χ2v) is 7.33. The van der Waals surface area contributed by atoms with Gasteiger partial charge in [0.1, 0.15) is 11.3 Å². The number of carbonyl (C=O) groups excluding carboxylic acids is 1. The molecule has 3 heterocycles. The number of pyridine rings is 2. The van der Waals surface area contributed by atoms with Crippen LogP contribution in [0.25, 0.3) is 0 Å². The summed E-state index contributed by atoms with van der Waals surface area (Å²) in [7, 11) is 0. The minimum Gasteiger partial charge on any atom is -0.454 e. The van der Waals surface area contributed by atoms with Crippen LogP contribution in [0.2, 0.25) is 5.02 Å². The molecule has 2 atom stereocenters. The summed E-state index contributed by atoms with van der Waals surface area (Å²) >= 11 is 5.82. The molecule has 0 unspecified atom stereocenters. The molecule has 3 rings (SSSR count). The molecule has 0 aliphatic carbocycles. The molecule has 3 N–H and O–H groups in total. The second-order valence-electron chi connectivity index (χ2n) is 6.90. The molecule has 0 radical (unpaired) electrons. The second kappa shape index (κ2) is 7.71. The van der Waals surface area contributed by atoms with E-state index in [1.165, 1.54) is 19.2 Å². The minimum absolute atomic E-state index is 0.0296. The number of hydrogen-bond acceptors (Lipinski definition) is 6. The van der Waals surface area contributed by atoms with Gasteiger partial charge in [-0.1, -0.05) is 11.6 Å². The molecule has 1 aliphatic rings. The maximum Gasteiger partial charge on any atom is 0.411 e. The fourth-order valence-corrected chi connectivity index (χ4v) is 3.29. The number of carbonyl (C=O) groups is 1. The molecule has 160 valence electrons. The van der Waals surface area contributed by atoms with Gasteiger partial charge in [-0.2, -0.15) is 17.6 Å². The van der Waals surface area contributed by atoms with Gasteiger partial charge in [-0.25, -0.2) is 15.0 Å². The Hall–Kier alpha value is -2.95. The van der Waals surface area contributed by atoms with Crippen molar-refractivity contribution in [2.24, 2.45) is 10.7 Å². The Labute approximate surface area is 173 Å². The van der Waals surface area contributed by atoms with E-state index in [-0.39, 0.29) is 16.9 Å². The van der Waals surface area contributed by atoms with E-state index in [1.54, 1.807) is 6.92 Å². The topological polar surface area (TPSA) is 102 Å². The number of ether oxygens (including phenoxy) is 1. The summed E-state index contributed by atoms with van der Waals surface area (Å²) in [6.45, 7) is 2.86. The quantitative estimate of drug-likeness (QED) is 0.554. The van der Waals surface area contributed by atoms with Crippen LogP contribution in [0.15, 0.2) is 29.5 Å². The predicted octanol–water partition coefficient (Wildman–Crippen LogP) is 3.71. The van der Waals surface area contributed by atoms with Crippen molar-refractivity contribution in [2.75, 3.05) is 5.32 Å². The van der Waals surface area contributed by atoms with Crippen LogP contribution in [0.4, 0.5) is 23.2 Å². The summed E-state index contributed by atoms with van der Waals surface area (Å²) in [5, 5.41) is 2.83. The highest BCUT2D eigenvalue weighted by molar-refractivity contribution is 6.30. The van der Waals surface area contributed by atoms with Gasteiger partial charge in [0.2, 0.25) is 5.95 Å². The Morgan fingerprint density at radius 1 is 1.33 bits per heavy atom. The fraction of sp³-hybridized carbons (Fsp3) is 0.333. The monoisotopic (exact) mass is 445 g/mol. The largest absolute Gasteiger partial charge is 0.454 e. The van der Waals surface area contributed by atoms with Crippen molar-refractivity contribution < 1.29 is 27.1 Å². The Kier molecular flexibility index (Phi) is 5.59. The molecule has 2 aromatic rings. The first-order valence-corrected chi connectivity index (χ1v) is 8.95. The first kappa shape index (κ1) is 21.8. The van der Waals surface area contributed by atoms with Crippen molar-refractivity contribution in [2.45, 2.75) is 38.1 Å². The number of halogens is 5. The molecule has 12 heteroatoms. The number of aromatic nitrogens is 2. The van der Waals surface area contributed by atoms with Crippen LogP contribution in [0.1, 0.15) is 35.0 Å². The molecule has 0 fully saturated rings. The van der Waals surface area contributed by atoms with E-state index in [1.807, 2.05) is 0 Å². The molecule has 0 aromatic carbocycles. The predicted molar refractivity (Wildman–Crippen MR) is 101 cm³/mol. The Morgan fingerprint density at radius 3 is 2.67 bits per heavy atom. The van der Waals surface area contributed by atoms with E-state index in [2.05, 4.69) is 20.3 Å². The highest BCUT2D eigenvalue weighted by atomic mass is 35.5. The van der Waals surface area contributed by atoms with Crippen LogP contribution in [-0.4, -0.2) is 34.1 Å². The number of amidine groups is 1. The zero-order valence-corrected chi connectivity index (χ0v) is 16.5. The van der Waals surface area contributed by atoms with Gasteiger partial charge >= 0.3 is 6.18 Å². The lowest BCUT2D eigenvalue weighted by atomic mass is 9.88. The summed E-state index contributed by atoms with van der Waals surface area (Å²) in [6, 6.07) is -0.221. The van der Waals surface area contributed by atoms with Gasteiger partial charge in [-0.05, 0) is 31.5 Å². The molecule has 0 saturated heterocycles. The highest BCUT2D eigenvalue weighted by Gasteiger charge is 2.49. The molecular weight excluding hydrogens is 430 g/mol. The van der Waals surface area contributed by atoms with Gasteiger partial charge in [0.15, 0.2) is 6.04 Å². The Balaban J connectivity index is 1.92. The molecule has 7 nitrogen and oxygen atoms in total. The van der Waals surface area contributed by atoms with Gasteiger partial charge in [0.25, 0.3) is 11.9 Å². The number of nitrogens with one attached hydrogen (secondary N) is 1. The number of aryl methyl sites for hydroxylation is 1. The van der Waals surface area contributed by atoms with Gasteiger partial charge < -0.3 is 15.8 Å². The minimum atomic E-state index is -4.69. The van der Waals surface area contributed by atoms with Crippen molar-refractivity contribution in [3.8, 4) is 0 Å². The number of hydrogen-bond donors (Lipinski definition) is 2. The number of rotatable bonds is 3. The fourth-order valence-electron chi connectivity index (χ4n) is 3.08. The van der Waals surface area contributed by atoms with Crippen LogP contribution >= 0.6 is 11.6 Å². The zero-order chi connectivity index (χ0) is 22.3. The first-order chi connectivity index (χ1) is 13.9. The normalized spacial score (nSPS) is 21.6. The highest BCUT2D eigenvalue weighted by Crippen LogP contribution is 2.40. The maximum atomic E-state index is 14.4. The molecule has 30 heavy (non-hydrogen) atoms. The van der Waals surface area contributed by atoms with E-state index in [0.29, 0.717) is 10.6 Å². The third kappa shape index (κ3) is 4.45. The van der Waals surface area contributed by atoms with E-state index in [4.69, 9.17) is 22.1 Å². The molecule has 0 spiro atoms. The number of alkyl halides is 3. The van der Waals surface area contributed by atoms with Crippen LogP contribution in [0.3, 0.4) is 0 Å². The smallest absolute Gasteiger partial charge is 0.411 e. The third-order valence-electron chi connectivity index (χ3n) is 4.50. The van der Waals surface area contributed by atoms with Crippen molar-refractivity contribution >= 4 is 29.2 Å². The number of aliphatic imine (C=N–C) groups is 1. The van der Waals surface area contributed by atoms with Gasteiger partial charge in [0, 0.05) is 12.6 Å². The molecular formula is C18H16ClF4N5O2. The molecule has 2 aromatic heterocycles. The average molecular weight is 446 g/mol. The van der Waals surface area contributed by atoms with Crippen molar-refractivity contribution in [1.29, 1.82) is 0 Å². The summed E-state index contributed by atoms with van der Waals surface area (Å²) in [5.41, 5.74) is 3.88. The lowest BCUT2D eigenvalue weighted by Crippen LogP contribution is -2.46. The first-order valence-electron chi connectivity index (χ1n) is 8.57. The van der Waals surface area contributed by atoms with Crippen molar-refractivity contribution in [3.05, 3.63) is 52.3 Å². The van der Waals surface area contributed by atoms with Gasteiger partial charge in [-0.15, -0.1) is 0 Å². The Bertz CT molecular complexity index is 1030. The lowest BCUT2D eigenvalue weighted by molar-refractivity contribution is -0.164. The molecule has 0 bridgehead atoms. The number of nitrogens with zero attached hydrogens (tertiary/aromatic N) is 3. The zero-order valence-electron chi connectivity index (χ0n) is 15.7. The summed E-state index contributed by atoms with van der Waals surface area (Å²) in [4.78, 5) is 23.2. The number of anilines is 1. The molecule has 0 saturated carbocycles. The maximum absolute atomic E-state index is 14.4. The summed E-state index contributed by atoms with van der Waals surface area (Å²) < 4.78 is 59.2. The number of amides is 1. The standard InChI is InChI=1S/C18H16ClF4N5O2/c1-8-3-9(19)6-25-13(8)15(29)27-10-4-11(14(20)26-7-10)17(2)5-12(18(21,22)23)28-16(24)30-17/h3-4,6-7,12H,5H2,1-2H3,(H2,24,28)(H,27,29)/t12-,17-/m0/s1. The van der Waals surface area contributed by atoms with Crippen molar-refractivity contribution in [1.82, 2.24) is 9.97 Å². The SMILES string of the molecule is Cc1cc(Cl)cnc1C(=O)Nc1cnc(F)c([C@]2(C)C[C@@H](C(F)(F)F)N=C(N)O2)c1. The Morgan fingerprint density at radius 2 is 2.03 bits per heavy atom. The summed E-state index contributed by atoms with van der Waals surface area (Å²) in [5.74, 6) is -1.69. The van der Waals surface area contributed by atoms with Crippen LogP contribution in [-0.2, 0) is 10.3 Å². The number of nitrogens with two attached hydrogens (primary N) is 1. The van der Waals surface area contributed by atoms with Crippen LogP contribution in [0.5, 0.6) is 0 Å². The third-order valence-corrected chi connectivity index (χ3v) is 4.71. The van der Waals surface area contributed by atoms with E-state index >= 15 is 0 Å². The molecule has 1 aliphatic heterocycles. The van der Waals surface area contributed by atoms with E-state index in [0.717, 1.165) is 12.3 Å². The van der Waals surface area contributed by atoms with Crippen LogP contribution < -0.4 is 11.1 Å². The van der Waals surface area contributed by atoms with Gasteiger partial charge in [0.05, 0.1) is 22.5 Å². The average Bonchev–Trinajstić information content (AvgIpc) is 2.61. The van der Waals surface area contributed by atoms with Gasteiger partial charge in [-0.3, -0.25) is 4.79 Å². The van der Waals surface area contributed by atoms with E-state index in [9.17, 15) is 22.4 Å². The molecule has 1 amide bonds. The van der Waals surface area contributed by atoms with Crippen LogP contribution in [0, 0.1) is 12.9 Å². The van der Waals surface area contributed by atoms with Crippen molar-refractivity contribution in [3.63, 3.8) is 0 Å². The summed E-state index contributed by atoms with van der Waals surface area (Å²) in [6.07, 6.45) is -3.10. The van der Waals surface area contributed by atoms with E-state index < -0.39 is 42.1 Å².